The Balaban J connectivity index is 2.34. The molecule has 0 fully saturated rings. The summed E-state index contributed by atoms with van der Waals surface area (Å²) in [5.41, 5.74) is 0.480. The van der Waals surface area contributed by atoms with E-state index in [1.807, 2.05) is 12.1 Å². The van der Waals surface area contributed by atoms with Crippen LogP contribution in [-0.4, -0.2) is 35.3 Å². The van der Waals surface area contributed by atoms with Gasteiger partial charge in [0.2, 0.25) is 0 Å². The first-order chi connectivity index (χ1) is 7.80. The standard InChI is InChI=1S/C12H17N3S/c1-3-15(4-2)7-8-16-12-6-5-11(9-13)14-10-12/h5-6,10H,3-4,7-8H2,1-2H3. The Hall–Kier alpha value is -1.05. The summed E-state index contributed by atoms with van der Waals surface area (Å²) in [5, 5.41) is 8.62. The quantitative estimate of drug-likeness (QED) is 0.710. The molecule has 0 saturated heterocycles. The molecule has 3 nitrogen and oxygen atoms in total. The molecule has 0 amide bonds. The lowest BCUT2D eigenvalue weighted by atomic mass is 10.4. The number of hydrogen-bond donors (Lipinski definition) is 0. The largest absolute Gasteiger partial charge is 0.303 e. The van der Waals surface area contributed by atoms with Crippen LogP contribution in [0.2, 0.25) is 0 Å². The lowest BCUT2D eigenvalue weighted by molar-refractivity contribution is 0.324. The summed E-state index contributed by atoms with van der Waals surface area (Å²) in [6.07, 6.45) is 1.77. The molecule has 86 valence electrons. The van der Waals surface area contributed by atoms with Crippen LogP contribution in [0.1, 0.15) is 19.5 Å². The molecule has 4 heteroatoms. The summed E-state index contributed by atoms with van der Waals surface area (Å²) in [6.45, 7) is 7.65. The molecule has 16 heavy (non-hydrogen) atoms. The average Bonchev–Trinajstić information content (AvgIpc) is 2.35. The predicted octanol–water partition coefficient (Wildman–Crippen LogP) is 2.39. The minimum atomic E-state index is 0.480. The molecule has 0 aliphatic carbocycles. The van der Waals surface area contributed by atoms with E-state index in [4.69, 9.17) is 5.26 Å². The van der Waals surface area contributed by atoms with Crippen LogP contribution in [0, 0.1) is 11.3 Å². The maximum atomic E-state index is 8.62. The highest BCUT2D eigenvalue weighted by Crippen LogP contribution is 2.16. The molecule has 0 radical (unpaired) electrons. The fourth-order valence-electron chi connectivity index (χ4n) is 1.36. The molecule has 0 aromatic carbocycles. The highest BCUT2D eigenvalue weighted by molar-refractivity contribution is 7.99. The Morgan fingerprint density at radius 1 is 1.38 bits per heavy atom. The second-order valence-electron chi connectivity index (χ2n) is 3.37. The first-order valence-corrected chi connectivity index (χ1v) is 6.50. The van der Waals surface area contributed by atoms with Crippen molar-refractivity contribution in [1.82, 2.24) is 9.88 Å². The predicted molar refractivity (Wildman–Crippen MR) is 67.5 cm³/mol. The van der Waals surface area contributed by atoms with E-state index in [2.05, 4.69) is 23.7 Å². The molecular formula is C12H17N3S. The van der Waals surface area contributed by atoms with Crippen LogP contribution in [0.5, 0.6) is 0 Å². The summed E-state index contributed by atoms with van der Waals surface area (Å²) >= 11 is 1.79. The monoisotopic (exact) mass is 235 g/mol. The van der Waals surface area contributed by atoms with E-state index < -0.39 is 0 Å². The molecule has 0 unspecified atom stereocenters. The molecule has 1 rings (SSSR count). The van der Waals surface area contributed by atoms with Gasteiger partial charge in [-0.25, -0.2) is 4.98 Å². The molecule has 0 saturated carbocycles. The van der Waals surface area contributed by atoms with Crippen LogP contribution in [0.3, 0.4) is 0 Å². The number of aromatic nitrogens is 1. The van der Waals surface area contributed by atoms with Gasteiger partial charge in [0.05, 0.1) is 0 Å². The van der Waals surface area contributed by atoms with Crippen LogP contribution >= 0.6 is 11.8 Å². The fraction of sp³-hybridized carbons (Fsp3) is 0.500. The number of nitriles is 1. The Morgan fingerprint density at radius 2 is 2.12 bits per heavy atom. The van der Waals surface area contributed by atoms with Crippen LogP contribution in [0.25, 0.3) is 0 Å². The van der Waals surface area contributed by atoms with E-state index in [9.17, 15) is 0 Å². The minimum Gasteiger partial charge on any atom is -0.303 e. The van der Waals surface area contributed by atoms with Crippen molar-refractivity contribution in [3.05, 3.63) is 24.0 Å². The van der Waals surface area contributed by atoms with Crippen LogP contribution in [0.15, 0.2) is 23.2 Å². The van der Waals surface area contributed by atoms with E-state index >= 15 is 0 Å². The van der Waals surface area contributed by atoms with Crippen LogP contribution < -0.4 is 0 Å². The van der Waals surface area contributed by atoms with E-state index in [0.717, 1.165) is 30.3 Å². The van der Waals surface area contributed by atoms with Gasteiger partial charge in [0.25, 0.3) is 0 Å². The van der Waals surface area contributed by atoms with Gasteiger partial charge in [-0.05, 0) is 25.2 Å². The topological polar surface area (TPSA) is 39.9 Å². The fourth-order valence-corrected chi connectivity index (χ4v) is 2.24. The average molecular weight is 235 g/mol. The summed E-state index contributed by atoms with van der Waals surface area (Å²) in [6, 6.07) is 5.74. The van der Waals surface area contributed by atoms with Gasteiger partial charge in [0.1, 0.15) is 11.8 Å². The Morgan fingerprint density at radius 3 is 2.62 bits per heavy atom. The molecular weight excluding hydrogens is 218 g/mol. The third kappa shape index (κ3) is 4.21. The number of thioether (sulfide) groups is 1. The second kappa shape index (κ2) is 7.26. The van der Waals surface area contributed by atoms with Gasteiger partial charge in [-0.1, -0.05) is 13.8 Å². The third-order valence-corrected chi connectivity index (χ3v) is 3.38. The third-order valence-electron chi connectivity index (χ3n) is 2.42. The Bertz CT molecular complexity index is 338. The summed E-state index contributed by atoms with van der Waals surface area (Å²) in [5.74, 6) is 1.06. The molecule has 1 aromatic heterocycles. The first kappa shape index (κ1) is 13.0. The molecule has 0 aliphatic rings. The van der Waals surface area contributed by atoms with Crippen molar-refractivity contribution < 1.29 is 0 Å². The maximum absolute atomic E-state index is 8.62. The Labute approximate surface area is 101 Å². The number of pyridine rings is 1. The van der Waals surface area contributed by atoms with Crippen molar-refractivity contribution in [2.45, 2.75) is 18.7 Å². The number of nitrogens with zero attached hydrogens (tertiary/aromatic N) is 3. The van der Waals surface area contributed by atoms with Gasteiger partial charge in [0.15, 0.2) is 0 Å². The molecule has 0 atom stereocenters. The first-order valence-electron chi connectivity index (χ1n) is 5.51. The van der Waals surface area contributed by atoms with Crippen molar-refractivity contribution in [3.63, 3.8) is 0 Å². The van der Waals surface area contributed by atoms with E-state index in [-0.39, 0.29) is 0 Å². The van der Waals surface area contributed by atoms with E-state index in [0.29, 0.717) is 5.69 Å². The zero-order chi connectivity index (χ0) is 11.8. The molecule has 1 aromatic rings. The maximum Gasteiger partial charge on any atom is 0.140 e. The van der Waals surface area contributed by atoms with Crippen molar-refractivity contribution in [3.8, 4) is 6.07 Å². The van der Waals surface area contributed by atoms with Gasteiger partial charge in [-0.2, -0.15) is 5.26 Å². The lowest BCUT2D eigenvalue weighted by Gasteiger charge is -2.17. The number of rotatable bonds is 6. The zero-order valence-corrected chi connectivity index (χ0v) is 10.6. The normalized spacial score (nSPS) is 10.4. The van der Waals surface area contributed by atoms with Crippen molar-refractivity contribution in [2.24, 2.45) is 0 Å². The smallest absolute Gasteiger partial charge is 0.140 e. The van der Waals surface area contributed by atoms with Crippen molar-refractivity contribution in [1.29, 1.82) is 5.26 Å². The molecule has 1 heterocycles. The zero-order valence-electron chi connectivity index (χ0n) is 9.81. The minimum absolute atomic E-state index is 0.480. The summed E-state index contributed by atoms with van der Waals surface area (Å²) < 4.78 is 0. The summed E-state index contributed by atoms with van der Waals surface area (Å²) in [7, 11) is 0. The van der Waals surface area contributed by atoms with Crippen molar-refractivity contribution in [2.75, 3.05) is 25.4 Å². The van der Waals surface area contributed by atoms with E-state index in [1.165, 1.54) is 0 Å². The molecule has 0 N–H and O–H groups in total. The molecule has 0 bridgehead atoms. The lowest BCUT2D eigenvalue weighted by Crippen LogP contribution is -2.25. The van der Waals surface area contributed by atoms with Gasteiger partial charge in [-0.15, -0.1) is 11.8 Å². The highest BCUT2D eigenvalue weighted by atomic mass is 32.2. The Kier molecular flexibility index (Phi) is 5.91. The molecule has 0 spiro atoms. The van der Waals surface area contributed by atoms with Crippen molar-refractivity contribution >= 4 is 11.8 Å². The summed E-state index contributed by atoms with van der Waals surface area (Å²) in [4.78, 5) is 7.56. The van der Waals surface area contributed by atoms with Crippen LogP contribution in [0.4, 0.5) is 0 Å². The van der Waals surface area contributed by atoms with Gasteiger partial charge in [0, 0.05) is 23.4 Å². The number of hydrogen-bond acceptors (Lipinski definition) is 4. The SMILES string of the molecule is CCN(CC)CCSc1ccc(C#N)nc1. The van der Waals surface area contributed by atoms with Gasteiger partial charge < -0.3 is 4.90 Å². The van der Waals surface area contributed by atoms with Crippen LogP contribution in [-0.2, 0) is 0 Å². The van der Waals surface area contributed by atoms with E-state index in [1.54, 1.807) is 24.0 Å². The highest BCUT2D eigenvalue weighted by Gasteiger charge is 2.00. The molecule has 0 aliphatic heterocycles. The van der Waals surface area contributed by atoms with Gasteiger partial charge in [-0.3, -0.25) is 0 Å². The van der Waals surface area contributed by atoms with Gasteiger partial charge >= 0.3 is 0 Å². The second-order valence-corrected chi connectivity index (χ2v) is 4.53.